The Labute approximate surface area is 70.6 Å². The summed E-state index contributed by atoms with van der Waals surface area (Å²) in [5.41, 5.74) is 3.88. The van der Waals surface area contributed by atoms with Crippen LogP contribution in [0.15, 0.2) is 17.9 Å². The molecule has 62 valence electrons. The van der Waals surface area contributed by atoms with Gasteiger partial charge in [0.2, 0.25) is 0 Å². The fourth-order valence-corrected chi connectivity index (χ4v) is 1.22. The van der Waals surface area contributed by atoms with Crippen LogP contribution < -0.4 is 5.43 Å². The molecule has 0 amide bonds. The molecule has 12 heavy (non-hydrogen) atoms. The van der Waals surface area contributed by atoms with E-state index >= 15 is 0 Å². The molecule has 1 aliphatic heterocycles. The van der Waals surface area contributed by atoms with Crippen molar-refractivity contribution in [3.8, 4) is 0 Å². The van der Waals surface area contributed by atoms with Gasteiger partial charge in [-0.05, 0) is 6.92 Å². The highest BCUT2D eigenvalue weighted by Crippen LogP contribution is 2.22. The lowest BCUT2D eigenvalue weighted by molar-refractivity contribution is 0.612. The smallest absolute Gasteiger partial charge is 0.152 e. The average Bonchev–Trinajstić information content (AvgIpc) is 2.49. The van der Waals surface area contributed by atoms with Crippen LogP contribution in [0.5, 0.6) is 0 Å². The molecule has 4 nitrogen and oxygen atoms in total. The quantitative estimate of drug-likeness (QED) is 0.679. The third kappa shape index (κ3) is 0.845. The Bertz CT molecular complexity index is 337. The molecule has 2 heterocycles. The molecule has 1 atom stereocenters. The van der Waals surface area contributed by atoms with Gasteiger partial charge in [0, 0.05) is 11.8 Å². The molecule has 1 unspecified atom stereocenters. The second-order valence-corrected chi connectivity index (χ2v) is 2.73. The van der Waals surface area contributed by atoms with Crippen LogP contribution in [0.25, 0.3) is 6.08 Å². The van der Waals surface area contributed by atoms with Crippen molar-refractivity contribution in [1.82, 2.24) is 9.78 Å². The van der Waals surface area contributed by atoms with Gasteiger partial charge in [0.1, 0.15) is 0 Å². The Morgan fingerprint density at radius 3 is 3.33 bits per heavy atom. The molecule has 1 N–H and O–H groups in total. The van der Waals surface area contributed by atoms with Crippen LogP contribution >= 0.6 is 0 Å². The molecular formula is C8H10N4. The minimum atomic E-state index is 0.218. The summed E-state index contributed by atoms with van der Waals surface area (Å²) in [5, 5.41) is 8.20. The van der Waals surface area contributed by atoms with E-state index in [9.17, 15) is 0 Å². The van der Waals surface area contributed by atoms with E-state index in [0.29, 0.717) is 0 Å². The van der Waals surface area contributed by atoms with E-state index in [1.54, 1.807) is 12.3 Å². The number of aromatic nitrogens is 2. The summed E-state index contributed by atoms with van der Waals surface area (Å²) in [6.45, 7) is 5.73. The van der Waals surface area contributed by atoms with E-state index in [2.05, 4.69) is 22.2 Å². The highest BCUT2D eigenvalue weighted by molar-refractivity contribution is 5.71. The van der Waals surface area contributed by atoms with Crippen LogP contribution in [0.1, 0.15) is 18.5 Å². The van der Waals surface area contributed by atoms with Crippen molar-refractivity contribution < 1.29 is 0 Å². The van der Waals surface area contributed by atoms with Gasteiger partial charge in [0.15, 0.2) is 5.82 Å². The first-order valence-corrected chi connectivity index (χ1v) is 3.82. The molecule has 0 spiro atoms. The van der Waals surface area contributed by atoms with Gasteiger partial charge in [0.25, 0.3) is 0 Å². The van der Waals surface area contributed by atoms with Crippen molar-refractivity contribution in [2.75, 3.05) is 5.43 Å². The van der Waals surface area contributed by atoms with Crippen molar-refractivity contribution >= 4 is 18.1 Å². The fraction of sp³-hybridized carbons (Fsp3) is 0.250. The Morgan fingerprint density at radius 2 is 2.58 bits per heavy atom. The predicted molar refractivity (Wildman–Crippen MR) is 49.1 cm³/mol. The van der Waals surface area contributed by atoms with Crippen LogP contribution in [0.2, 0.25) is 0 Å². The van der Waals surface area contributed by atoms with Crippen molar-refractivity contribution in [3.05, 3.63) is 18.3 Å². The zero-order chi connectivity index (χ0) is 8.55. The van der Waals surface area contributed by atoms with E-state index in [4.69, 9.17) is 0 Å². The summed E-state index contributed by atoms with van der Waals surface area (Å²) >= 11 is 0. The summed E-state index contributed by atoms with van der Waals surface area (Å²) in [5.74, 6) is 0.917. The van der Waals surface area contributed by atoms with E-state index < -0.39 is 0 Å². The van der Waals surface area contributed by atoms with Gasteiger partial charge in [-0.1, -0.05) is 12.7 Å². The molecule has 0 aliphatic carbocycles. The molecule has 0 saturated carbocycles. The molecule has 0 bridgehead atoms. The zero-order valence-corrected chi connectivity index (χ0v) is 6.86. The first-order valence-electron chi connectivity index (χ1n) is 3.82. The molecule has 1 aromatic rings. The van der Waals surface area contributed by atoms with Crippen molar-refractivity contribution in [2.45, 2.75) is 13.0 Å². The summed E-state index contributed by atoms with van der Waals surface area (Å²) in [6.07, 6.45) is 5.35. The van der Waals surface area contributed by atoms with Gasteiger partial charge >= 0.3 is 0 Å². The largest absolute Gasteiger partial charge is 0.261 e. The van der Waals surface area contributed by atoms with E-state index in [0.717, 1.165) is 11.4 Å². The third-order valence-electron chi connectivity index (χ3n) is 1.89. The summed E-state index contributed by atoms with van der Waals surface area (Å²) in [4.78, 5) is 0. The Balaban J connectivity index is 2.52. The van der Waals surface area contributed by atoms with E-state index in [1.165, 1.54) is 0 Å². The number of nitrogens with one attached hydrogen (secondary N) is 1. The lowest BCUT2D eigenvalue weighted by Gasteiger charge is -2.15. The second-order valence-electron chi connectivity index (χ2n) is 2.73. The average molecular weight is 162 g/mol. The van der Waals surface area contributed by atoms with Crippen LogP contribution in [-0.4, -0.2) is 16.0 Å². The summed E-state index contributed by atoms with van der Waals surface area (Å²) in [6, 6.07) is 0.218. The zero-order valence-electron chi connectivity index (χ0n) is 6.86. The van der Waals surface area contributed by atoms with Crippen molar-refractivity contribution in [2.24, 2.45) is 5.10 Å². The Morgan fingerprint density at radius 1 is 1.75 bits per heavy atom. The van der Waals surface area contributed by atoms with Crippen LogP contribution in [0.4, 0.5) is 5.82 Å². The molecule has 1 aliphatic rings. The SMILES string of the molecule is C=Cc1cnn2c1NN=CC2C. The van der Waals surface area contributed by atoms with Gasteiger partial charge < -0.3 is 0 Å². The maximum absolute atomic E-state index is 4.20. The lowest BCUT2D eigenvalue weighted by atomic mass is 10.3. The Kier molecular flexibility index (Phi) is 1.46. The van der Waals surface area contributed by atoms with Crippen molar-refractivity contribution in [3.63, 3.8) is 0 Å². The number of hydrazone groups is 1. The maximum atomic E-state index is 4.20. The minimum absolute atomic E-state index is 0.218. The molecule has 0 radical (unpaired) electrons. The third-order valence-corrected chi connectivity index (χ3v) is 1.89. The molecule has 4 heteroatoms. The minimum Gasteiger partial charge on any atom is -0.261 e. The molecule has 1 aromatic heterocycles. The fourth-order valence-electron chi connectivity index (χ4n) is 1.22. The molecule has 2 rings (SSSR count). The monoisotopic (exact) mass is 162 g/mol. The number of hydrogen-bond acceptors (Lipinski definition) is 3. The van der Waals surface area contributed by atoms with Crippen LogP contribution in [-0.2, 0) is 0 Å². The van der Waals surface area contributed by atoms with Crippen LogP contribution in [0.3, 0.4) is 0 Å². The first kappa shape index (κ1) is 7.09. The van der Waals surface area contributed by atoms with Crippen LogP contribution in [0, 0.1) is 0 Å². The number of hydrogen-bond donors (Lipinski definition) is 1. The Hall–Kier alpha value is -1.58. The summed E-state index contributed by atoms with van der Waals surface area (Å²) < 4.78 is 1.88. The normalized spacial score (nSPS) is 19.9. The molecular weight excluding hydrogens is 152 g/mol. The van der Waals surface area contributed by atoms with E-state index in [1.807, 2.05) is 17.8 Å². The number of nitrogens with zero attached hydrogens (tertiary/aromatic N) is 3. The molecule has 0 fully saturated rings. The number of fused-ring (bicyclic) bond motifs is 1. The predicted octanol–water partition coefficient (Wildman–Crippen LogP) is 1.50. The van der Waals surface area contributed by atoms with Gasteiger partial charge in [-0.3, -0.25) is 5.43 Å². The summed E-state index contributed by atoms with van der Waals surface area (Å²) in [7, 11) is 0. The lowest BCUT2D eigenvalue weighted by Crippen LogP contribution is -2.16. The molecule has 0 saturated heterocycles. The highest BCUT2D eigenvalue weighted by Gasteiger charge is 2.14. The highest BCUT2D eigenvalue weighted by atomic mass is 15.4. The first-order chi connectivity index (χ1) is 5.83. The van der Waals surface area contributed by atoms with Gasteiger partial charge in [0.05, 0.1) is 12.2 Å². The maximum Gasteiger partial charge on any atom is 0.152 e. The van der Waals surface area contributed by atoms with E-state index in [-0.39, 0.29) is 6.04 Å². The standard InChI is InChI=1S/C8H10N4/c1-3-7-5-10-12-6(2)4-9-11-8(7)12/h3-6,11H,1H2,2H3. The molecule has 0 aromatic carbocycles. The van der Waals surface area contributed by atoms with Gasteiger partial charge in [-0.2, -0.15) is 10.2 Å². The van der Waals surface area contributed by atoms with Gasteiger partial charge in [-0.15, -0.1) is 0 Å². The van der Waals surface area contributed by atoms with Gasteiger partial charge in [-0.25, -0.2) is 4.68 Å². The topological polar surface area (TPSA) is 42.2 Å². The second kappa shape index (κ2) is 2.48. The number of anilines is 1. The van der Waals surface area contributed by atoms with Crippen molar-refractivity contribution in [1.29, 1.82) is 0 Å². The number of rotatable bonds is 1.